The summed E-state index contributed by atoms with van der Waals surface area (Å²) in [5.74, 6) is -4.11. The summed E-state index contributed by atoms with van der Waals surface area (Å²) < 4.78 is 19.7. The molecular weight excluding hydrogens is 496 g/mol. The highest BCUT2D eigenvalue weighted by molar-refractivity contribution is 5.95. The molecule has 2 aromatic rings. The number of nitrogens with zero attached hydrogens (tertiary/aromatic N) is 2. The molecule has 14 heteroatoms. The molecule has 2 unspecified atom stereocenters. The lowest BCUT2D eigenvalue weighted by atomic mass is 10.2. The molecule has 0 aliphatic rings. The molecule has 2 atom stereocenters. The number of carbonyl (C=O) groups excluding carboxylic acids is 4. The number of hydrogen-bond donors (Lipinski definition) is 0. The van der Waals surface area contributed by atoms with Crippen molar-refractivity contribution in [3.8, 4) is 11.5 Å². The molecule has 0 heterocycles. The van der Waals surface area contributed by atoms with Crippen LogP contribution in [-0.4, -0.2) is 45.9 Å². The lowest BCUT2D eigenvalue weighted by Crippen LogP contribution is -2.30. The number of rotatable bonds is 11. The highest BCUT2D eigenvalue weighted by Gasteiger charge is 2.25. The van der Waals surface area contributed by atoms with Crippen LogP contribution in [0.5, 0.6) is 11.5 Å². The molecular formula is C23H20N2O12. The van der Waals surface area contributed by atoms with Gasteiger partial charge in [-0.15, -0.1) is 0 Å². The highest BCUT2D eigenvalue weighted by Crippen LogP contribution is 2.19. The fraction of sp³-hybridized carbons (Fsp3) is 0.217. The predicted molar refractivity (Wildman–Crippen MR) is 122 cm³/mol. The zero-order valence-electron chi connectivity index (χ0n) is 19.5. The Morgan fingerprint density at radius 1 is 0.757 bits per heavy atom. The van der Waals surface area contributed by atoms with Gasteiger partial charge in [-0.3, -0.25) is 25.0 Å². The van der Waals surface area contributed by atoms with E-state index < -0.39 is 52.4 Å². The third-order valence-electron chi connectivity index (χ3n) is 4.43. The van der Waals surface area contributed by atoms with Gasteiger partial charge in [0, 0.05) is 29.8 Å². The molecule has 14 nitrogen and oxygen atoms in total. The van der Waals surface area contributed by atoms with E-state index in [1.54, 1.807) is 0 Å². The molecule has 0 amide bonds. The molecule has 0 aromatic heterocycles. The summed E-state index contributed by atoms with van der Waals surface area (Å²) in [6, 6.07) is 9.24. The van der Waals surface area contributed by atoms with Crippen molar-refractivity contribution in [2.45, 2.75) is 32.5 Å². The van der Waals surface area contributed by atoms with Crippen molar-refractivity contribution in [3.63, 3.8) is 0 Å². The number of hydrogen-bond acceptors (Lipinski definition) is 12. The second kappa shape index (κ2) is 12.5. The standard InChI is InChI=1S/C23H20N2O12/c1-13(21(27)35-15(3)23(29)37-19-10-6-17(7-11-19)25(32)33)12-20(26)34-14(2)22(28)36-18-8-4-16(5-9-18)24(30)31/h4-11,14-15H,1,12H2,2-3H3. The van der Waals surface area contributed by atoms with Crippen LogP contribution in [0.3, 0.4) is 0 Å². The summed E-state index contributed by atoms with van der Waals surface area (Å²) in [6.45, 7) is 5.81. The SMILES string of the molecule is C=C(CC(=O)OC(C)C(=O)Oc1ccc([N+](=O)[O-])cc1)C(=O)OC(C)C(=O)Oc1ccc([N+](=O)[O-])cc1. The van der Waals surface area contributed by atoms with Crippen LogP contribution in [0.15, 0.2) is 60.7 Å². The van der Waals surface area contributed by atoms with Gasteiger partial charge in [0.25, 0.3) is 11.4 Å². The van der Waals surface area contributed by atoms with Crippen molar-refractivity contribution >= 4 is 35.3 Å². The van der Waals surface area contributed by atoms with Crippen LogP contribution in [0.2, 0.25) is 0 Å². The zero-order chi connectivity index (χ0) is 27.7. The van der Waals surface area contributed by atoms with Gasteiger partial charge in [-0.05, 0) is 38.1 Å². The number of nitro groups is 2. The number of esters is 4. The van der Waals surface area contributed by atoms with E-state index in [0.29, 0.717) is 0 Å². The van der Waals surface area contributed by atoms with E-state index in [4.69, 9.17) is 18.9 Å². The Hall–Kier alpha value is -5.14. The molecule has 37 heavy (non-hydrogen) atoms. The number of nitro benzene ring substituents is 2. The quantitative estimate of drug-likeness (QED) is 0.140. The van der Waals surface area contributed by atoms with E-state index >= 15 is 0 Å². The summed E-state index contributed by atoms with van der Waals surface area (Å²) >= 11 is 0. The average molecular weight is 516 g/mol. The van der Waals surface area contributed by atoms with E-state index in [2.05, 4.69) is 6.58 Å². The van der Waals surface area contributed by atoms with Gasteiger partial charge in [-0.1, -0.05) is 6.58 Å². The topological polar surface area (TPSA) is 191 Å². The Kier molecular flexibility index (Phi) is 9.52. The van der Waals surface area contributed by atoms with Crippen molar-refractivity contribution in [1.82, 2.24) is 0 Å². The van der Waals surface area contributed by atoms with Gasteiger partial charge >= 0.3 is 23.9 Å². The van der Waals surface area contributed by atoms with Crippen molar-refractivity contribution in [1.29, 1.82) is 0 Å². The molecule has 0 spiro atoms. The first-order valence-electron chi connectivity index (χ1n) is 10.4. The Balaban J connectivity index is 1.80. The van der Waals surface area contributed by atoms with Gasteiger partial charge in [0.15, 0.2) is 12.2 Å². The monoisotopic (exact) mass is 516 g/mol. The predicted octanol–water partition coefficient (Wildman–Crippen LogP) is 2.82. The maximum atomic E-state index is 12.1. The molecule has 0 aliphatic carbocycles. The molecule has 2 rings (SSSR count). The molecule has 0 radical (unpaired) electrons. The Morgan fingerprint density at radius 2 is 1.14 bits per heavy atom. The Labute approximate surface area is 208 Å². The minimum Gasteiger partial charge on any atom is -0.450 e. The van der Waals surface area contributed by atoms with Crippen molar-refractivity contribution < 1.29 is 48.0 Å². The lowest BCUT2D eigenvalue weighted by Gasteiger charge is -2.15. The van der Waals surface area contributed by atoms with E-state index in [1.165, 1.54) is 38.1 Å². The zero-order valence-corrected chi connectivity index (χ0v) is 19.5. The summed E-state index contributed by atoms with van der Waals surface area (Å²) in [6.07, 6.45) is -3.47. The second-order valence-electron chi connectivity index (χ2n) is 7.30. The molecule has 194 valence electrons. The Bertz CT molecular complexity index is 1220. The third kappa shape index (κ3) is 8.54. The molecule has 0 saturated heterocycles. The first kappa shape index (κ1) is 28.1. The third-order valence-corrected chi connectivity index (χ3v) is 4.43. The van der Waals surface area contributed by atoms with E-state index in [0.717, 1.165) is 24.3 Å². The van der Waals surface area contributed by atoms with Crippen LogP contribution in [0.25, 0.3) is 0 Å². The first-order valence-corrected chi connectivity index (χ1v) is 10.4. The minimum absolute atomic E-state index is 0.0129. The number of carbonyl (C=O) groups is 4. The number of non-ortho nitro benzene ring substituents is 2. The molecule has 0 bridgehead atoms. The van der Waals surface area contributed by atoms with Crippen LogP contribution in [-0.2, 0) is 28.7 Å². The summed E-state index contributed by atoms with van der Waals surface area (Å²) in [7, 11) is 0. The number of benzene rings is 2. The molecule has 0 N–H and O–H groups in total. The fourth-order valence-corrected chi connectivity index (χ4v) is 2.50. The van der Waals surface area contributed by atoms with Crippen LogP contribution in [0.4, 0.5) is 11.4 Å². The summed E-state index contributed by atoms with van der Waals surface area (Å²) in [5.41, 5.74) is -0.800. The normalized spacial score (nSPS) is 11.8. The summed E-state index contributed by atoms with van der Waals surface area (Å²) in [4.78, 5) is 68.4. The molecule has 0 fully saturated rings. The molecule has 2 aromatic carbocycles. The molecule has 0 saturated carbocycles. The maximum Gasteiger partial charge on any atom is 0.352 e. The van der Waals surface area contributed by atoms with E-state index in [-0.39, 0.29) is 28.4 Å². The smallest absolute Gasteiger partial charge is 0.352 e. The van der Waals surface area contributed by atoms with Crippen LogP contribution >= 0.6 is 0 Å². The maximum absolute atomic E-state index is 12.1. The van der Waals surface area contributed by atoms with E-state index in [1.807, 2.05) is 0 Å². The summed E-state index contributed by atoms with van der Waals surface area (Å²) in [5, 5.41) is 21.3. The molecule has 0 aliphatic heterocycles. The van der Waals surface area contributed by atoms with Gasteiger partial charge in [0.2, 0.25) is 0 Å². The Morgan fingerprint density at radius 3 is 1.51 bits per heavy atom. The van der Waals surface area contributed by atoms with Crippen LogP contribution < -0.4 is 9.47 Å². The van der Waals surface area contributed by atoms with Gasteiger partial charge in [-0.2, -0.15) is 0 Å². The number of ether oxygens (including phenoxy) is 4. The van der Waals surface area contributed by atoms with Crippen LogP contribution in [0, 0.1) is 20.2 Å². The van der Waals surface area contributed by atoms with Crippen molar-refractivity contribution in [3.05, 3.63) is 80.9 Å². The second-order valence-corrected chi connectivity index (χ2v) is 7.30. The first-order chi connectivity index (χ1) is 17.4. The van der Waals surface area contributed by atoms with Gasteiger partial charge < -0.3 is 18.9 Å². The lowest BCUT2D eigenvalue weighted by molar-refractivity contribution is -0.385. The largest absolute Gasteiger partial charge is 0.450 e. The van der Waals surface area contributed by atoms with Crippen molar-refractivity contribution in [2.24, 2.45) is 0 Å². The minimum atomic E-state index is -1.41. The fourth-order valence-electron chi connectivity index (χ4n) is 2.50. The van der Waals surface area contributed by atoms with Gasteiger partial charge in [0.1, 0.15) is 11.5 Å². The van der Waals surface area contributed by atoms with E-state index in [9.17, 15) is 39.4 Å². The van der Waals surface area contributed by atoms with Crippen LogP contribution in [0.1, 0.15) is 20.3 Å². The average Bonchev–Trinajstić information content (AvgIpc) is 2.84. The van der Waals surface area contributed by atoms with Gasteiger partial charge in [-0.25, -0.2) is 14.4 Å². The van der Waals surface area contributed by atoms with Gasteiger partial charge in [0.05, 0.1) is 16.3 Å². The highest BCUT2D eigenvalue weighted by atomic mass is 16.6. The van der Waals surface area contributed by atoms with Crippen molar-refractivity contribution in [2.75, 3.05) is 0 Å².